The van der Waals surface area contributed by atoms with Crippen molar-refractivity contribution in [1.82, 2.24) is 0 Å². The van der Waals surface area contributed by atoms with Crippen molar-refractivity contribution in [1.29, 1.82) is 0 Å². The number of hydrogen-bond acceptors (Lipinski definition) is 5. The number of nitrogens with zero attached hydrogens (tertiary/aromatic N) is 2. The second kappa shape index (κ2) is 7.88. The highest BCUT2D eigenvalue weighted by atomic mass is 16.6. The van der Waals surface area contributed by atoms with E-state index in [-0.39, 0.29) is 30.2 Å². The van der Waals surface area contributed by atoms with E-state index in [2.05, 4.69) is 6.58 Å². The molecule has 114 valence electrons. The molecular weight excluding hydrogens is 276 g/mol. The van der Waals surface area contributed by atoms with E-state index in [0.29, 0.717) is 13.0 Å². The molecule has 1 rings (SSSR count). The summed E-state index contributed by atoms with van der Waals surface area (Å²) in [5.41, 5.74) is -0.0232. The molecule has 21 heavy (non-hydrogen) atoms. The van der Waals surface area contributed by atoms with E-state index in [1.165, 1.54) is 23.1 Å². The Morgan fingerprint density at radius 1 is 1.57 bits per heavy atom. The molecule has 0 fully saturated rings. The Hall–Kier alpha value is -2.57. The average molecular weight is 294 g/mol. The van der Waals surface area contributed by atoms with E-state index < -0.39 is 10.9 Å². The SMILES string of the molecule is C=CCN(CC(=O)O)c1cccc(OCCC)c1[N+](=O)[O-]. The van der Waals surface area contributed by atoms with Crippen LogP contribution in [0.2, 0.25) is 0 Å². The maximum Gasteiger partial charge on any atom is 0.333 e. The normalized spacial score (nSPS) is 9.95. The molecule has 0 aliphatic heterocycles. The van der Waals surface area contributed by atoms with Gasteiger partial charge in [-0.05, 0) is 18.6 Å². The maximum atomic E-state index is 11.3. The highest BCUT2D eigenvalue weighted by molar-refractivity contribution is 5.78. The Morgan fingerprint density at radius 3 is 2.81 bits per heavy atom. The molecule has 0 aromatic heterocycles. The Balaban J connectivity index is 3.27. The van der Waals surface area contributed by atoms with Gasteiger partial charge in [-0.2, -0.15) is 0 Å². The van der Waals surface area contributed by atoms with E-state index in [1.54, 1.807) is 6.07 Å². The van der Waals surface area contributed by atoms with E-state index in [4.69, 9.17) is 9.84 Å². The minimum absolute atomic E-state index is 0.138. The minimum atomic E-state index is -1.08. The van der Waals surface area contributed by atoms with Crippen molar-refractivity contribution in [2.75, 3.05) is 24.6 Å². The third-order valence-corrected chi connectivity index (χ3v) is 2.64. The summed E-state index contributed by atoms with van der Waals surface area (Å²) in [6, 6.07) is 4.61. The van der Waals surface area contributed by atoms with Crippen LogP contribution in [0.5, 0.6) is 5.75 Å². The number of benzene rings is 1. The zero-order chi connectivity index (χ0) is 15.8. The van der Waals surface area contributed by atoms with Crippen LogP contribution in [0.15, 0.2) is 30.9 Å². The van der Waals surface area contributed by atoms with Gasteiger partial charge in [0.2, 0.25) is 0 Å². The molecule has 0 saturated heterocycles. The molecule has 0 aliphatic carbocycles. The van der Waals surface area contributed by atoms with Crippen molar-refractivity contribution in [2.24, 2.45) is 0 Å². The van der Waals surface area contributed by atoms with Gasteiger partial charge in [-0.15, -0.1) is 6.58 Å². The lowest BCUT2D eigenvalue weighted by Gasteiger charge is -2.21. The first-order valence-electron chi connectivity index (χ1n) is 6.49. The van der Waals surface area contributed by atoms with Crippen molar-refractivity contribution in [2.45, 2.75) is 13.3 Å². The predicted molar refractivity (Wildman–Crippen MR) is 78.9 cm³/mol. The minimum Gasteiger partial charge on any atom is -0.487 e. The lowest BCUT2D eigenvalue weighted by Crippen LogP contribution is -2.30. The molecule has 0 amide bonds. The molecule has 0 heterocycles. The van der Waals surface area contributed by atoms with Gasteiger partial charge in [0.25, 0.3) is 0 Å². The quantitative estimate of drug-likeness (QED) is 0.427. The fourth-order valence-corrected chi connectivity index (χ4v) is 1.85. The molecule has 0 spiro atoms. The van der Waals surface area contributed by atoms with Gasteiger partial charge >= 0.3 is 11.7 Å². The van der Waals surface area contributed by atoms with Gasteiger partial charge in [0, 0.05) is 6.54 Å². The first-order valence-corrected chi connectivity index (χ1v) is 6.49. The number of ether oxygens (including phenoxy) is 1. The van der Waals surface area contributed by atoms with Gasteiger partial charge in [-0.25, -0.2) is 0 Å². The number of hydrogen-bond donors (Lipinski definition) is 1. The van der Waals surface area contributed by atoms with Gasteiger partial charge in [-0.3, -0.25) is 14.9 Å². The van der Waals surface area contributed by atoms with E-state index in [9.17, 15) is 14.9 Å². The summed E-state index contributed by atoms with van der Waals surface area (Å²) in [4.78, 5) is 23.1. The van der Waals surface area contributed by atoms with Gasteiger partial charge in [0.1, 0.15) is 12.2 Å². The molecule has 1 N–H and O–H groups in total. The lowest BCUT2D eigenvalue weighted by molar-refractivity contribution is -0.385. The molecule has 0 bridgehead atoms. The van der Waals surface area contributed by atoms with Gasteiger partial charge in [0.05, 0.1) is 11.5 Å². The number of carboxylic acid groups (broad SMARTS) is 1. The Labute approximate surface area is 122 Å². The first-order chi connectivity index (χ1) is 10.0. The molecular formula is C14H18N2O5. The standard InChI is InChI=1S/C14H18N2O5/c1-3-8-15(10-13(17)18)11-6-5-7-12(21-9-4-2)14(11)16(19)20/h3,5-7H,1,4,8-10H2,2H3,(H,17,18). The number of rotatable bonds is 9. The lowest BCUT2D eigenvalue weighted by atomic mass is 10.2. The third-order valence-electron chi connectivity index (χ3n) is 2.64. The molecule has 0 unspecified atom stereocenters. The second-order valence-corrected chi connectivity index (χ2v) is 4.29. The smallest absolute Gasteiger partial charge is 0.333 e. The van der Waals surface area contributed by atoms with E-state index >= 15 is 0 Å². The van der Waals surface area contributed by atoms with Crippen molar-refractivity contribution >= 4 is 17.3 Å². The highest BCUT2D eigenvalue weighted by Gasteiger charge is 2.25. The number of carbonyl (C=O) groups is 1. The fourth-order valence-electron chi connectivity index (χ4n) is 1.85. The molecule has 7 nitrogen and oxygen atoms in total. The summed E-state index contributed by atoms with van der Waals surface area (Å²) >= 11 is 0. The Bertz CT molecular complexity index is 530. The van der Waals surface area contributed by atoms with Crippen LogP contribution in [0, 0.1) is 10.1 Å². The first kappa shape index (κ1) is 16.5. The number of nitro groups is 1. The molecule has 0 radical (unpaired) electrons. The predicted octanol–water partition coefficient (Wildman–Crippen LogP) is 2.46. The maximum absolute atomic E-state index is 11.3. The van der Waals surface area contributed by atoms with Crippen LogP contribution >= 0.6 is 0 Å². The van der Waals surface area contributed by atoms with E-state index in [1.807, 2.05) is 6.92 Å². The second-order valence-electron chi connectivity index (χ2n) is 4.29. The topological polar surface area (TPSA) is 92.9 Å². The highest BCUT2D eigenvalue weighted by Crippen LogP contribution is 2.37. The van der Waals surface area contributed by atoms with Crippen molar-refractivity contribution in [3.05, 3.63) is 41.0 Å². The fraction of sp³-hybridized carbons (Fsp3) is 0.357. The number of aliphatic carboxylic acids is 1. The van der Waals surface area contributed by atoms with Crippen molar-refractivity contribution in [3.8, 4) is 5.75 Å². The van der Waals surface area contributed by atoms with Crippen LogP contribution < -0.4 is 9.64 Å². The van der Waals surface area contributed by atoms with Crippen molar-refractivity contribution < 1.29 is 19.6 Å². The van der Waals surface area contributed by atoms with Crippen molar-refractivity contribution in [3.63, 3.8) is 0 Å². The number of nitro benzene ring substituents is 1. The number of carboxylic acids is 1. The van der Waals surface area contributed by atoms with Crippen LogP contribution in [0.25, 0.3) is 0 Å². The Morgan fingerprint density at radius 2 is 2.29 bits per heavy atom. The van der Waals surface area contributed by atoms with Crippen LogP contribution in [-0.2, 0) is 4.79 Å². The molecule has 0 aliphatic rings. The molecule has 0 saturated carbocycles. The molecule has 0 atom stereocenters. The van der Waals surface area contributed by atoms with Crippen LogP contribution in [0.4, 0.5) is 11.4 Å². The van der Waals surface area contributed by atoms with Crippen LogP contribution in [0.1, 0.15) is 13.3 Å². The largest absolute Gasteiger partial charge is 0.487 e. The van der Waals surface area contributed by atoms with Crippen LogP contribution in [-0.4, -0.2) is 35.7 Å². The summed E-state index contributed by atoms with van der Waals surface area (Å²) in [6.45, 7) is 5.62. The average Bonchev–Trinajstić information content (AvgIpc) is 2.43. The Kier molecular flexibility index (Phi) is 6.19. The zero-order valence-electron chi connectivity index (χ0n) is 11.8. The van der Waals surface area contributed by atoms with Gasteiger partial charge in [0.15, 0.2) is 5.75 Å². The van der Waals surface area contributed by atoms with E-state index in [0.717, 1.165) is 0 Å². The number of anilines is 1. The third kappa shape index (κ3) is 4.48. The molecule has 7 heteroatoms. The molecule has 1 aromatic rings. The van der Waals surface area contributed by atoms with Gasteiger partial charge in [-0.1, -0.05) is 19.1 Å². The summed E-state index contributed by atoms with van der Waals surface area (Å²) in [5, 5.41) is 20.3. The number of para-hydroxylation sites is 1. The van der Waals surface area contributed by atoms with Gasteiger partial charge < -0.3 is 14.7 Å². The summed E-state index contributed by atoms with van der Waals surface area (Å²) in [5.74, 6) is -0.940. The molecule has 1 aromatic carbocycles. The summed E-state index contributed by atoms with van der Waals surface area (Å²) in [7, 11) is 0. The monoisotopic (exact) mass is 294 g/mol. The van der Waals surface area contributed by atoms with Crippen LogP contribution in [0.3, 0.4) is 0 Å². The zero-order valence-corrected chi connectivity index (χ0v) is 11.8. The summed E-state index contributed by atoms with van der Waals surface area (Å²) in [6.07, 6.45) is 2.21. The summed E-state index contributed by atoms with van der Waals surface area (Å²) < 4.78 is 5.38.